The molecule has 3 aromatic rings. The van der Waals surface area contributed by atoms with Gasteiger partial charge in [-0.15, -0.1) is 0 Å². The number of rotatable bonds is 5. The Morgan fingerprint density at radius 3 is 2.25 bits per heavy atom. The number of nitrogens with two attached hydrogens (primary N) is 1. The maximum absolute atomic E-state index is 13.2. The Hall–Kier alpha value is -3.80. The van der Waals surface area contributed by atoms with Gasteiger partial charge < -0.3 is 20.1 Å². The second-order valence-corrected chi connectivity index (χ2v) is 6.36. The highest BCUT2D eigenvalue weighted by Crippen LogP contribution is 2.33. The molecule has 0 saturated heterocycles. The minimum atomic E-state index is -0.528. The molecule has 0 saturated carbocycles. The summed E-state index contributed by atoms with van der Waals surface area (Å²) in [5.41, 5.74) is 7.79. The van der Waals surface area contributed by atoms with Gasteiger partial charge in [0, 0.05) is 16.8 Å². The highest BCUT2D eigenvalue weighted by atomic mass is 16.7. The van der Waals surface area contributed by atoms with Crippen molar-refractivity contribution in [2.45, 2.75) is 6.54 Å². The summed E-state index contributed by atoms with van der Waals surface area (Å²) in [4.78, 5) is 26.2. The van der Waals surface area contributed by atoms with Crippen molar-refractivity contribution in [3.63, 3.8) is 0 Å². The number of hydrogen-bond acceptors (Lipinski definition) is 4. The lowest BCUT2D eigenvalue weighted by atomic mass is 10.1. The molecule has 0 fully saturated rings. The average Bonchev–Trinajstić information content (AvgIpc) is 3.20. The van der Waals surface area contributed by atoms with E-state index in [1.165, 1.54) is 0 Å². The van der Waals surface area contributed by atoms with Crippen molar-refractivity contribution >= 4 is 17.5 Å². The number of anilines is 1. The molecule has 140 valence electrons. The summed E-state index contributed by atoms with van der Waals surface area (Å²) in [5.74, 6) is 0.659. The zero-order valence-corrected chi connectivity index (χ0v) is 15.0. The van der Waals surface area contributed by atoms with Crippen LogP contribution >= 0.6 is 0 Å². The third kappa shape index (κ3) is 3.53. The van der Waals surface area contributed by atoms with Crippen LogP contribution in [-0.2, 0) is 6.54 Å². The number of ether oxygens (including phenoxy) is 2. The molecule has 0 atom stereocenters. The van der Waals surface area contributed by atoms with Gasteiger partial charge in [0.15, 0.2) is 11.5 Å². The maximum Gasteiger partial charge on any atom is 0.258 e. The van der Waals surface area contributed by atoms with E-state index in [1.807, 2.05) is 48.5 Å². The van der Waals surface area contributed by atoms with Gasteiger partial charge in [-0.3, -0.25) is 9.59 Å². The van der Waals surface area contributed by atoms with E-state index in [9.17, 15) is 9.59 Å². The van der Waals surface area contributed by atoms with Crippen LogP contribution in [-0.4, -0.2) is 18.6 Å². The molecule has 0 bridgehead atoms. The van der Waals surface area contributed by atoms with Crippen LogP contribution in [0.15, 0.2) is 72.8 Å². The summed E-state index contributed by atoms with van der Waals surface area (Å²) in [6, 6.07) is 21.4. The van der Waals surface area contributed by atoms with Gasteiger partial charge in [0.05, 0.1) is 6.54 Å². The zero-order chi connectivity index (χ0) is 19.5. The number of carbonyl (C=O) groups is 2. The van der Waals surface area contributed by atoms with E-state index in [0.29, 0.717) is 29.2 Å². The van der Waals surface area contributed by atoms with Gasteiger partial charge in [-0.1, -0.05) is 24.3 Å². The Morgan fingerprint density at radius 2 is 1.54 bits per heavy atom. The first-order valence-electron chi connectivity index (χ1n) is 8.77. The van der Waals surface area contributed by atoms with Crippen molar-refractivity contribution in [2.75, 3.05) is 11.7 Å². The Balaban J connectivity index is 1.65. The molecule has 6 heteroatoms. The highest BCUT2D eigenvalue weighted by molar-refractivity contribution is 6.06. The lowest BCUT2D eigenvalue weighted by Gasteiger charge is -2.23. The van der Waals surface area contributed by atoms with Gasteiger partial charge in [-0.25, -0.2) is 0 Å². The smallest absolute Gasteiger partial charge is 0.258 e. The van der Waals surface area contributed by atoms with Crippen LogP contribution in [0.3, 0.4) is 0 Å². The summed E-state index contributed by atoms with van der Waals surface area (Å²) in [6.07, 6.45) is 0. The second kappa shape index (κ2) is 7.44. The van der Waals surface area contributed by atoms with Crippen molar-refractivity contribution in [1.82, 2.24) is 0 Å². The lowest BCUT2D eigenvalue weighted by Crippen LogP contribution is -2.30. The van der Waals surface area contributed by atoms with Crippen LogP contribution in [0.4, 0.5) is 5.69 Å². The fourth-order valence-electron chi connectivity index (χ4n) is 3.04. The predicted octanol–water partition coefficient (Wildman–Crippen LogP) is 3.36. The Bertz CT molecular complexity index is 1020. The number of fused-ring (bicyclic) bond motifs is 1. The maximum atomic E-state index is 13.2. The molecule has 0 spiro atoms. The molecule has 0 aromatic heterocycles. The van der Waals surface area contributed by atoms with Gasteiger partial charge in [-0.05, 0) is 54.1 Å². The first-order chi connectivity index (χ1) is 13.6. The molecule has 1 aliphatic rings. The summed E-state index contributed by atoms with van der Waals surface area (Å²) in [6.45, 7) is 0.559. The first kappa shape index (κ1) is 17.6. The van der Waals surface area contributed by atoms with Crippen molar-refractivity contribution in [1.29, 1.82) is 0 Å². The van der Waals surface area contributed by atoms with Crippen molar-refractivity contribution < 1.29 is 19.1 Å². The standard InChI is InChI=1S/C22H18N2O4/c23-21(25)16-7-9-17(10-8-16)22(26)24(18-4-2-1-3-5-18)13-15-6-11-19-20(12-15)28-14-27-19/h1-12H,13-14H2,(H2,23,25). The van der Waals surface area contributed by atoms with Crippen LogP contribution in [0, 0.1) is 0 Å². The number of nitrogens with zero attached hydrogens (tertiary/aromatic N) is 1. The van der Waals surface area contributed by atoms with Gasteiger partial charge in [0.2, 0.25) is 12.7 Å². The number of amides is 2. The van der Waals surface area contributed by atoms with E-state index in [1.54, 1.807) is 29.2 Å². The van der Waals surface area contributed by atoms with Crippen molar-refractivity contribution in [2.24, 2.45) is 5.73 Å². The summed E-state index contributed by atoms with van der Waals surface area (Å²) in [5, 5.41) is 0. The monoisotopic (exact) mass is 374 g/mol. The Labute approximate surface area is 162 Å². The van der Waals surface area contributed by atoms with Crippen molar-refractivity contribution in [3.05, 3.63) is 89.5 Å². The van der Waals surface area contributed by atoms with Gasteiger partial charge in [-0.2, -0.15) is 0 Å². The van der Waals surface area contributed by atoms with Gasteiger partial charge in [0.25, 0.3) is 5.91 Å². The molecule has 2 N–H and O–H groups in total. The van der Waals surface area contributed by atoms with Crippen LogP contribution < -0.4 is 20.1 Å². The molecule has 1 aliphatic heterocycles. The van der Waals surface area contributed by atoms with E-state index < -0.39 is 5.91 Å². The molecular formula is C22H18N2O4. The van der Waals surface area contributed by atoms with Crippen LogP contribution in [0.2, 0.25) is 0 Å². The number of hydrogen-bond donors (Lipinski definition) is 1. The molecule has 1 heterocycles. The molecule has 4 rings (SSSR count). The molecule has 0 unspecified atom stereocenters. The van der Waals surface area contributed by atoms with Crippen LogP contribution in [0.25, 0.3) is 0 Å². The van der Waals surface area contributed by atoms with Crippen LogP contribution in [0.1, 0.15) is 26.3 Å². The topological polar surface area (TPSA) is 81.9 Å². The summed E-state index contributed by atoms with van der Waals surface area (Å²) < 4.78 is 10.8. The largest absolute Gasteiger partial charge is 0.454 e. The van der Waals surface area contributed by atoms with E-state index >= 15 is 0 Å². The molecule has 0 aliphatic carbocycles. The Kier molecular flexibility index (Phi) is 4.68. The number of benzene rings is 3. The third-order valence-corrected chi connectivity index (χ3v) is 4.51. The fraction of sp³-hybridized carbons (Fsp3) is 0.0909. The van der Waals surface area contributed by atoms with E-state index in [2.05, 4.69) is 0 Å². The quantitative estimate of drug-likeness (QED) is 0.742. The lowest BCUT2D eigenvalue weighted by molar-refractivity contribution is 0.0979. The predicted molar refractivity (Wildman–Crippen MR) is 104 cm³/mol. The minimum absolute atomic E-state index is 0.181. The molecule has 6 nitrogen and oxygen atoms in total. The SMILES string of the molecule is NC(=O)c1ccc(C(=O)N(Cc2ccc3c(c2)OCO3)c2ccccc2)cc1. The van der Waals surface area contributed by atoms with Gasteiger partial charge >= 0.3 is 0 Å². The summed E-state index contributed by atoms with van der Waals surface area (Å²) in [7, 11) is 0. The molecule has 3 aromatic carbocycles. The molecule has 28 heavy (non-hydrogen) atoms. The normalized spacial score (nSPS) is 11.9. The average molecular weight is 374 g/mol. The number of para-hydroxylation sites is 1. The fourth-order valence-corrected chi connectivity index (χ4v) is 3.04. The van der Waals surface area contributed by atoms with E-state index in [-0.39, 0.29) is 12.7 Å². The third-order valence-electron chi connectivity index (χ3n) is 4.51. The van der Waals surface area contributed by atoms with Crippen LogP contribution in [0.5, 0.6) is 11.5 Å². The minimum Gasteiger partial charge on any atom is -0.454 e. The summed E-state index contributed by atoms with van der Waals surface area (Å²) >= 11 is 0. The Morgan fingerprint density at radius 1 is 0.857 bits per heavy atom. The second-order valence-electron chi connectivity index (χ2n) is 6.36. The molecular weight excluding hydrogens is 356 g/mol. The number of carbonyl (C=O) groups excluding carboxylic acids is 2. The van der Waals surface area contributed by atoms with E-state index in [4.69, 9.17) is 15.2 Å². The van der Waals surface area contributed by atoms with Gasteiger partial charge in [0.1, 0.15) is 0 Å². The number of primary amides is 1. The van der Waals surface area contributed by atoms with Crippen molar-refractivity contribution in [3.8, 4) is 11.5 Å². The van der Waals surface area contributed by atoms with E-state index in [0.717, 1.165) is 11.3 Å². The molecule has 2 amide bonds. The highest BCUT2D eigenvalue weighted by Gasteiger charge is 2.20. The zero-order valence-electron chi connectivity index (χ0n) is 15.0. The first-order valence-corrected chi connectivity index (χ1v) is 8.77. The molecule has 0 radical (unpaired) electrons.